The van der Waals surface area contributed by atoms with Gasteiger partial charge in [-0.1, -0.05) is 44.7 Å². The molecule has 0 spiro atoms. The monoisotopic (exact) mass is 432 g/mol. The van der Waals surface area contributed by atoms with Gasteiger partial charge in [0.2, 0.25) is 0 Å². The molecule has 0 bridgehead atoms. The maximum atomic E-state index is 12.5. The topological polar surface area (TPSA) is 102 Å². The molecule has 30 heavy (non-hydrogen) atoms. The van der Waals surface area contributed by atoms with Crippen LogP contribution in [0.25, 0.3) is 11.2 Å². The van der Waals surface area contributed by atoms with Crippen molar-refractivity contribution in [2.45, 2.75) is 45.0 Å². The van der Waals surface area contributed by atoms with Gasteiger partial charge in [-0.3, -0.25) is 14.3 Å². The molecule has 0 saturated heterocycles. The van der Waals surface area contributed by atoms with Crippen LogP contribution in [0.2, 0.25) is 0 Å². The lowest BCUT2D eigenvalue weighted by atomic mass is 10.2. The summed E-state index contributed by atoms with van der Waals surface area (Å²) < 4.78 is 8.69. The van der Waals surface area contributed by atoms with Gasteiger partial charge in [-0.15, -0.1) is 0 Å². The number of rotatable bonds is 9. The fraction of sp³-hybridized carbons (Fsp3) is 0.476. The largest absolute Gasteiger partial charge is 0.491 e. The van der Waals surface area contributed by atoms with E-state index in [1.165, 1.54) is 21.9 Å². The van der Waals surface area contributed by atoms with Gasteiger partial charge < -0.3 is 14.4 Å². The number of aryl methyl sites for hydroxylation is 2. The standard InChI is InChI=1S/C21H28N4O4S/c1-5-14-6-8-16(9-7-14)29-11-15(26)10-25-17-18(22-21(25)30-12-13(2)3)24(4)20(28)23-19(17)27/h6-9,13,15,26H,5,10-12H2,1-4H3,(H,23,27,28)/t15-/m0/s1. The molecule has 3 aromatic rings. The summed E-state index contributed by atoms with van der Waals surface area (Å²) in [4.78, 5) is 31.3. The van der Waals surface area contributed by atoms with Crippen LogP contribution in [0.1, 0.15) is 26.3 Å². The summed E-state index contributed by atoms with van der Waals surface area (Å²) in [5.41, 5.74) is 0.759. The molecule has 2 N–H and O–H groups in total. The molecule has 2 aromatic heterocycles. The number of nitrogens with zero attached hydrogens (tertiary/aromatic N) is 3. The third-order valence-corrected chi connectivity index (χ3v) is 6.09. The Bertz CT molecular complexity index is 1110. The minimum Gasteiger partial charge on any atom is -0.491 e. The minimum absolute atomic E-state index is 0.0725. The second kappa shape index (κ2) is 9.53. The number of benzene rings is 1. The molecule has 1 aromatic carbocycles. The number of thioether (sulfide) groups is 1. The number of nitrogens with one attached hydrogen (secondary N) is 1. The van der Waals surface area contributed by atoms with Crippen LogP contribution in [0.5, 0.6) is 5.75 Å². The van der Waals surface area contributed by atoms with Crippen LogP contribution in [0.3, 0.4) is 0 Å². The van der Waals surface area contributed by atoms with Crippen molar-refractivity contribution >= 4 is 22.9 Å². The SMILES string of the molecule is CCc1ccc(OC[C@@H](O)Cn2c(SCC(C)C)nc3c2c(=O)[nH]c(=O)n3C)cc1. The molecule has 0 radical (unpaired) electrons. The number of H-pyrrole nitrogens is 1. The van der Waals surface area contributed by atoms with Gasteiger partial charge >= 0.3 is 5.69 Å². The van der Waals surface area contributed by atoms with E-state index in [-0.39, 0.29) is 18.7 Å². The average molecular weight is 433 g/mol. The highest BCUT2D eigenvalue weighted by Gasteiger charge is 2.20. The maximum absolute atomic E-state index is 12.5. The molecule has 162 valence electrons. The van der Waals surface area contributed by atoms with Crippen molar-refractivity contribution in [2.75, 3.05) is 12.4 Å². The molecule has 0 amide bonds. The maximum Gasteiger partial charge on any atom is 0.329 e. The number of aliphatic hydroxyl groups is 1. The van der Waals surface area contributed by atoms with Crippen molar-refractivity contribution in [2.24, 2.45) is 13.0 Å². The number of aromatic amines is 1. The Labute approximate surface area is 178 Å². The fourth-order valence-electron chi connectivity index (χ4n) is 3.01. The van der Waals surface area contributed by atoms with Crippen LogP contribution in [-0.2, 0) is 20.0 Å². The molecule has 2 heterocycles. The van der Waals surface area contributed by atoms with E-state index in [9.17, 15) is 14.7 Å². The summed E-state index contributed by atoms with van der Waals surface area (Å²) in [6.45, 7) is 6.47. The molecule has 3 rings (SSSR count). The van der Waals surface area contributed by atoms with Gasteiger partial charge in [-0.25, -0.2) is 9.78 Å². The average Bonchev–Trinajstić information content (AvgIpc) is 3.08. The number of aliphatic hydroxyl groups excluding tert-OH is 1. The number of fused-ring (bicyclic) bond motifs is 1. The molecule has 9 heteroatoms. The molecule has 0 aliphatic rings. The van der Waals surface area contributed by atoms with Crippen LogP contribution in [0.4, 0.5) is 0 Å². The Hall–Kier alpha value is -2.52. The first-order valence-corrected chi connectivity index (χ1v) is 11.0. The molecule has 0 aliphatic carbocycles. The molecule has 0 aliphatic heterocycles. The Morgan fingerprint density at radius 3 is 2.57 bits per heavy atom. The molecule has 8 nitrogen and oxygen atoms in total. The van der Waals surface area contributed by atoms with E-state index in [4.69, 9.17) is 4.74 Å². The Kier molecular flexibility index (Phi) is 7.04. The molecule has 0 saturated carbocycles. The number of hydrogen-bond acceptors (Lipinski definition) is 6. The summed E-state index contributed by atoms with van der Waals surface area (Å²) >= 11 is 1.50. The van der Waals surface area contributed by atoms with Crippen molar-refractivity contribution < 1.29 is 9.84 Å². The Balaban J connectivity index is 1.85. The fourth-order valence-corrected chi connectivity index (χ4v) is 3.97. The zero-order valence-electron chi connectivity index (χ0n) is 17.7. The second-order valence-corrected chi connectivity index (χ2v) is 8.65. The predicted molar refractivity (Wildman–Crippen MR) is 118 cm³/mol. The minimum atomic E-state index is -0.858. The molecular weight excluding hydrogens is 404 g/mol. The van der Waals surface area contributed by atoms with E-state index < -0.39 is 17.4 Å². The van der Waals surface area contributed by atoms with Crippen LogP contribution in [0.15, 0.2) is 39.0 Å². The van der Waals surface area contributed by atoms with Crippen LogP contribution in [0, 0.1) is 5.92 Å². The third-order valence-electron chi connectivity index (χ3n) is 4.69. The van der Waals surface area contributed by atoms with E-state index in [0.717, 1.165) is 12.2 Å². The smallest absolute Gasteiger partial charge is 0.329 e. The lowest BCUT2D eigenvalue weighted by Crippen LogP contribution is -2.30. The zero-order chi connectivity index (χ0) is 21.8. The highest BCUT2D eigenvalue weighted by molar-refractivity contribution is 7.99. The number of imidazole rings is 1. The van der Waals surface area contributed by atoms with Crippen molar-refractivity contribution in [3.05, 3.63) is 50.7 Å². The quantitative estimate of drug-likeness (QED) is 0.503. The number of aromatic nitrogens is 4. The van der Waals surface area contributed by atoms with Gasteiger partial charge in [-0.05, 0) is 30.0 Å². The van der Waals surface area contributed by atoms with E-state index in [0.29, 0.717) is 22.5 Å². The highest BCUT2D eigenvalue weighted by atomic mass is 32.2. The van der Waals surface area contributed by atoms with Crippen LogP contribution >= 0.6 is 11.8 Å². The number of hydrogen-bond donors (Lipinski definition) is 2. The van der Waals surface area contributed by atoms with Crippen molar-refractivity contribution in [3.63, 3.8) is 0 Å². The van der Waals surface area contributed by atoms with Gasteiger partial charge in [0.25, 0.3) is 5.56 Å². The van der Waals surface area contributed by atoms with Gasteiger partial charge in [-0.2, -0.15) is 0 Å². The number of ether oxygens (including phenoxy) is 1. The summed E-state index contributed by atoms with van der Waals surface area (Å²) in [7, 11) is 1.56. The van der Waals surface area contributed by atoms with E-state index in [1.807, 2.05) is 24.3 Å². The molecule has 0 unspecified atom stereocenters. The van der Waals surface area contributed by atoms with Crippen molar-refractivity contribution in [1.29, 1.82) is 0 Å². The first-order chi connectivity index (χ1) is 14.3. The normalized spacial score (nSPS) is 12.6. The third kappa shape index (κ3) is 4.96. The van der Waals surface area contributed by atoms with Gasteiger partial charge in [0.1, 0.15) is 18.5 Å². The summed E-state index contributed by atoms with van der Waals surface area (Å²) in [6.07, 6.45) is 0.0908. The van der Waals surface area contributed by atoms with Crippen molar-refractivity contribution in [3.8, 4) is 5.75 Å². The summed E-state index contributed by atoms with van der Waals surface area (Å²) in [6, 6.07) is 7.74. The van der Waals surface area contributed by atoms with E-state index in [1.54, 1.807) is 11.6 Å². The van der Waals surface area contributed by atoms with Gasteiger partial charge in [0, 0.05) is 12.8 Å². The Morgan fingerprint density at radius 1 is 1.23 bits per heavy atom. The predicted octanol–water partition coefficient (Wildman–Crippen LogP) is 2.17. The molecular formula is C21H28N4O4S. The lowest BCUT2D eigenvalue weighted by Gasteiger charge is -2.15. The van der Waals surface area contributed by atoms with Crippen LogP contribution < -0.4 is 16.0 Å². The first kappa shape index (κ1) is 22.2. The summed E-state index contributed by atoms with van der Waals surface area (Å²) in [5.74, 6) is 1.90. The first-order valence-electron chi connectivity index (χ1n) is 10.0. The van der Waals surface area contributed by atoms with Crippen LogP contribution in [-0.4, -0.2) is 42.7 Å². The van der Waals surface area contributed by atoms with Gasteiger partial charge in [0.05, 0.1) is 6.54 Å². The van der Waals surface area contributed by atoms with Crippen molar-refractivity contribution in [1.82, 2.24) is 19.1 Å². The second-order valence-electron chi connectivity index (χ2n) is 7.66. The highest BCUT2D eigenvalue weighted by Crippen LogP contribution is 2.24. The van der Waals surface area contributed by atoms with E-state index >= 15 is 0 Å². The lowest BCUT2D eigenvalue weighted by molar-refractivity contribution is 0.0913. The molecule has 0 fully saturated rings. The van der Waals surface area contributed by atoms with Gasteiger partial charge in [0.15, 0.2) is 16.3 Å². The molecule has 1 atom stereocenters. The summed E-state index contributed by atoms with van der Waals surface area (Å²) in [5, 5.41) is 11.2. The van der Waals surface area contributed by atoms with E-state index in [2.05, 4.69) is 30.7 Å². The Morgan fingerprint density at radius 2 is 1.93 bits per heavy atom. The zero-order valence-corrected chi connectivity index (χ0v) is 18.5.